The first kappa shape index (κ1) is 16.8. The zero-order valence-electron chi connectivity index (χ0n) is 10.7. The van der Waals surface area contributed by atoms with Gasteiger partial charge in [-0.25, -0.2) is 0 Å². The number of rotatable bonds is 13. The fourth-order valence-corrected chi connectivity index (χ4v) is 0.991. The van der Waals surface area contributed by atoms with Crippen molar-refractivity contribution in [1.82, 2.24) is 0 Å². The van der Waals surface area contributed by atoms with Crippen molar-refractivity contribution in [2.24, 2.45) is 0 Å². The lowest BCUT2D eigenvalue weighted by Gasteiger charge is -2.11. The van der Waals surface area contributed by atoms with Gasteiger partial charge in [0.25, 0.3) is 0 Å². The van der Waals surface area contributed by atoms with Gasteiger partial charge in [0.2, 0.25) is 0 Å². The Balaban J connectivity index is 3.08. The molecule has 0 saturated heterocycles. The van der Waals surface area contributed by atoms with Crippen LogP contribution in [0.4, 0.5) is 0 Å². The molecule has 17 heavy (non-hydrogen) atoms. The van der Waals surface area contributed by atoms with Crippen molar-refractivity contribution in [3.63, 3.8) is 0 Å². The van der Waals surface area contributed by atoms with Crippen molar-refractivity contribution < 1.29 is 28.8 Å². The summed E-state index contributed by atoms with van der Waals surface area (Å²) in [6, 6.07) is 0. The van der Waals surface area contributed by atoms with Crippen molar-refractivity contribution in [2.75, 3.05) is 67.1 Å². The second-order valence-corrected chi connectivity index (χ2v) is 3.40. The molecule has 0 aliphatic carbocycles. The molecule has 0 spiro atoms. The van der Waals surface area contributed by atoms with Gasteiger partial charge in [0.05, 0.1) is 52.9 Å². The topological polar surface area (TPSA) is 66.4 Å². The highest BCUT2D eigenvalue weighted by Crippen LogP contribution is 1.89. The first-order valence-corrected chi connectivity index (χ1v) is 5.70. The highest BCUT2D eigenvalue weighted by atomic mass is 16.5. The van der Waals surface area contributed by atoms with Gasteiger partial charge in [-0.3, -0.25) is 0 Å². The molecule has 0 saturated carbocycles. The highest BCUT2D eigenvalue weighted by molar-refractivity contribution is 4.51. The van der Waals surface area contributed by atoms with Crippen LogP contribution in [0.1, 0.15) is 0 Å². The Kier molecular flexibility index (Phi) is 13.6. The Hall–Kier alpha value is -0.240. The fraction of sp³-hybridized carbons (Fsp3) is 1.00. The Morgan fingerprint density at radius 2 is 1.12 bits per heavy atom. The zero-order chi connectivity index (χ0) is 12.8. The van der Waals surface area contributed by atoms with Crippen LogP contribution in [0, 0.1) is 0 Å². The molecule has 1 unspecified atom stereocenters. The first-order chi connectivity index (χ1) is 8.31. The van der Waals surface area contributed by atoms with E-state index in [0.29, 0.717) is 39.6 Å². The lowest BCUT2D eigenvalue weighted by atomic mass is 10.4. The SMILES string of the molecule is COCCOCCOCC(O)COCCOC. The van der Waals surface area contributed by atoms with Crippen molar-refractivity contribution >= 4 is 0 Å². The molecular weight excluding hydrogens is 228 g/mol. The van der Waals surface area contributed by atoms with Gasteiger partial charge in [-0.05, 0) is 0 Å². The molecule has 0 radical (unpaired) electrons. The molecule has 6 heteroatoms. The monoisotopic (exact) mass is 252 g/mol. The van der Waals surface area contributed by atoms with Gasteiger partial charge in [0.1, 0.15) is 6.10 Å². The fourth-order valence-electron chi connectivity index (χ4n) is 0.991. The Bertz CT molecular complexity index is 144. The molecule has 104 valence electrons. The highest BCUT2D eigenvalue weighted by Gasteiger charge is 2.03. The molecule has 1 atom stereocenters. The summed E-state index contributed by atoms with van der Waals surface area (Å²) in [5, 5.41) is 9.44. The van der Waals surface area contributed by atoms with Crippen molar-refractivity contribution in [2.45, 2.75) is 6.10 Å². The Labute approximate surface area is 103 Å². The molecule has 0 aromatic carbocycles. The number of methoxy groups -OCH3 is 2. The molecule has 0 aromatic rings. The van der Waals surface area contributed by atoms with Crippen LogP contribution in [0.15, 0.2) is 0 Å². The molecule has 0 aliphatic heterocycles. The molecule has 0 bridgehead atoms. The van der Waals surface area contributed by atoms with Gasteiger partial charge in [0.15, 0.2) is 0 Å². The summed E-state index contributed by atoms with van der Waals surface area (Å²) in [5.41, 5.74) is 0. The minimum Gasteiger partial charge on any atom is -0.388 e. The molecule has 0 aliphatic rings. The van der Waals surface area contributed by atoms with E-state index in [9.17, 15) is 5.11 Å². The van der Waals surface area contributed by atoms with Gasteiger partial charge < -0.3 is 28.8 Å². The minimum absolute atomic E-state index is 0.251. The van der Waals surface area contributed by atoms with E-state index in [1.54, 1.807) is 14.2 Å². The summed E-state index contributed by atoms with van der Waals surface area (Å²) in [6.45, 7) is 3.61. The predicted molar refractivity (Wildman–Crippen MR) is 62.2 cm³/mol. The molecule has 0 aromatic heterocycles. The molecular formula is C11H24O6. The molecule has 0 amide bonds. The number of ether oxygens (including phenoxy) is 5. The van der Waals surface area contributed by atoms with Gasteiger partial charge in [-0.15, -0.1) is 0 Å². The standard InChI is InChI=1S/C11H24O6/c1-13-3-5-15-7-8-17-10-11(12)9-16-6-4-14-2/h11-12H,3-10H2,1-2H3. The van der Waals surface area contributed by atoms with E-state index >= 15 is 0 Å². The molecule has 0 heterocycles. The molecule has 1 N–H and O–H groups in total. The number of hydrogen-bond donors (Lipinski definition) is 1. The third kappa shape index (κ3) is 13.7. The third-order valence-electron chi connectivity index (χ3n) is 1.86. The van der Waals surface area contributed by atoms with Gasteiger partial charge in [-0.2, -0.15) is 0 Å². The molecule has 0 rings (SSSR count). The van der Waals surface area contributed by atoms with Crippen molar-refractivity contribution in [1.29, 1.82) is 0 Å². The quantitative estimate of drug-likeness (QED) is 0.454. The second kappa shape index (κ2) is 13.8. The van der Waals surface area contributed by atoms with E-state index in [2.05, 4.69) is 0 Å². The van der Waals surface area contributed by atoms with Gasteiger partial charge in [-0.1, -0.05) is 0 Å². The number of hydrogen-bond acceptors (Lipinski definition) is 6. The summed E-state index contributed by atoms with van der Waals surface area (Å²) in [7, 11) is 3.23. The van der Waals surface area contributed by atoms with Crippen LogP contribution < -0.4 is 0 Å². The van der Waals surface area contributed by atoms with Crippen molar-refractivity contribution in [3.8, 4) is 0 Å². The summed E-state index contributed by atoms with van der Waals surface area (Å²) >= 11 is 0. The van der Waals surface area contributed by atoms with Crippen LogP contribution in [0.3, 0.4) is 0 Å². The average molecular weight is 252 g/mol. The predicted octanol–water partition coefficient (Wildman–Crippen LogP) is -0.310. The van der Waals surface area contributed by atoms with E-state index in [1.165, 1.54) is 0 Å². The van der Waals surface area contributed by atoms with Gasteiger partial charge in [0, 0.05) is 14.2 Å². The van der Waals surface area contributed by atoms with Crippen LogP contribution in [0.5, 0.6) is 0 Å². The van der Waals surface area contributed by atoms with Crippen LogP contribution in [0.2, 0.25) is 0 Å². The van der Waals surface area contributed by atoms with Crippen LogP contribution in [-0.4, -0.2) is 78.3 Å². The lowest BCUT2D eigenvalue weighted by Crippen LogP contribution is -2.23. The average Bonchev–Trinajstić information content (AvgIpc) is 2.33. The van der Waals surface area contributed by atoms with E-state index in [0.717, 1.165) is 0 Å². The number of aliphatic hydroxyl groups excluding tert-OH is 1. The lowest BCUT2D eigenvalue weighted by molar-refractivity contribution is -0.0410. The van der Waals surface area contributed by atoms with Gasteiger partial charge >= 0.3 is 0 Å². The number of aliphatic hydroxyl groups is 1. The minimum atomic E-state index is -0.606. The maximum atomic E-state index is 9.44. The zero-order valence-corrected chi connectivity index (χ0v) is 10.7. The second-order valence-electron chi connectivity index (χ2n) is 3.40. The van der Waals surface area contributed by atoms with E-state index in [1.807, 2.05) is 0 Å². The molecule has 6 nitrogen and oxygen atoms in total. The summed E-state index contributed by atoms with van der Waals surface area (Å²) in [4.78, 5) is 0. The normalized spacial score (nSPS) is 12.9. The van der Waals surface area contributed by atoms with Crippen LogP contribution >= 0.6 is 0 Å². The largest absolute Gasteiger partial charge is 0.388 e. The Morgan fingerprint density at radius 1 is 0.706 bits per heavy atom. The smallest absolute Gasteiger partial charge is 0.101 e. The van der Waals surface area contributed by atoms with Crippen LogP contribution in [0.25, 0.3) is 0 Å². The van der Waals surface area contributed by atoms with E-state index in [-0.39, 0.29) is 13.2 Å². The molecule has 0 fully saturated rings. The maximum absolute atomic E-state index is 9.44. The summed E-state index contributed by atoms with van der Waals surface area (Å²) in [6.07, 6.45) is -0.606. The summed E-state index contributed by atoms with van der Waals surface area (Å²) in [5.74, 6) is 0. The first-order valence-electron chi connectivity index (χ1n) is 5.70. The third-order valence-corrected chi connectivity index (χ3v) is 1.86. The van der Waals surface area contributed by atoms with Crippen LogP contribution in [-0.2, 0) is 23.7 Å². The maximum Gasteiger partial charge on any atom is 0.101 e. The van der Waals surface area contributed by atoms with E-state index < -0.39 is 6.10 Å². The van der Waals surface area contributed by atoms with Crippen molar-refractivity contribution in [3.05, 3.63) is 0 Å². The summed E-state index contributed by atoms with van der Waals surface area (Å²) < 4.78 is 25.2. The van der Waals surface area contributed by atoms with E-state index in [4.69, 9.17) is 23.7 Å². The Morgan fingerprint density at radius 3 is 1.65 bits per heavy atom.